The number of hydrogen-bond donors (Lipinski definition) is 3. The summed E-state index contributed by atoms with van der Waals surface area (Å²) in [5, 5.41) is 19.4. The molecule has 2 rings (SSSR count). The normalized spacial score (nSPS) is 38.7. The van der Waals surface area contributed by atoms with Crippen LogP contribution in [0.4, 0.5) is 4.39 Å². The quantitative estimate of drug-likeness (QED) is 0.623. The standard InChI is InChI=1S/C11H15BrFN3O3/c1-6-15-7(14)2-3-16(6)10-8(13)9(18)11(4-12,5-17)19-10/h2-3,8-10,17-18H,1,4-5H2,(H2,14,15)/t8-,9-,10+,11+/m0/s1. The van der Waals surface area contributed by atoms with E-state index in [2.05, 4.69) is 27.5 Å². The molecule has 0 saturated carbocycles. The number of aliphatic imine (C=N–C) groups is 1. The van der Waals surface area contributed by atoms with Crippen LogP contribution in [-0.4, -0.2) is 57.0 Å². The molecule has 0 unspecified atom stereocenters. The van der Waals surface area contributed by atoms with E-state index in [1.54, 1.807) is 0 Å². The van der Waals surface area contributed by atoms with Gasteiger partial charge in [-0.3, -0.25) is 0 Å². The van der Waals surface area contributed by atoms with E-state index in [0.29, 0.717) is 0 Å². The van der Waals surface area contributed by atoms with Gasteiger partial charge in [0.1, 0.15) is 23.4 Å². The zero-order valence-electron chi connectivity index (χ0n) is 10.0. The zero-order chi connectivity index (χ0) is 14.2. The van der Waals surface area contributed by atoms with Gasteiger partial charge in [-0.05, 0) is 6.08 Å². The van der Waals surface area contributed by atoms with E-state index in [1.165, 1.54) is 17.2 Å². The van der Waals surface area contributed by atoms with Crippen molar-refractivity contribution in [2.45, 2.75) is 24.1 Å². The van der Waals surface area contributed by atoms with E-state index in [9.17, 15) is 14.6 Å². The molecule has 2 aliphatic rings. The van der Waals surface area contributed by atoms with Gasteiger partial charge in [-0.1, -0.05) is 22.5 Å². The Bertz CT molecular complexity index is 439. The Hall–Kier alpha value is -0.960. The fourth-order valence-electron chi connectivity index (χ4n) is 2.03. The van der Waals surface area contributed by atoms with Crippen LogP contribution in [0.5, 0.6) is 0 Å². The van der Waals surface area contributed by atoms with Crippen molar-refractivity contribution >= 4 is 21.8 Å². The SMILES string of the molecule is C=C1N=C(N)C=CN1[C@@H]1O[C@@](CO)(CBr)[C@@H](O)[C@@H]1F. The van der Waals surface area contributed by atoms with Gasteiger partial charge in [0.2, 0.25) is 0 Å². The molecule has 0 aromatic carbocycles. The van der Waals surface area contributed by atoms with Crippen molar-refractivity contribution in [1.82, 2.24) is 4.90 Å². The third-order valence-corrected chi connectivity index (χ3v) is 4.15. The fraction of sp³-hybridized carbons (Fsp3) is 0.545. The van der Waals surface area contributed by atoms with E-state index < -0.39 is 30.7 Å². The largest absolute Gasteiger partial charge is 0.393 e. The smallest absolute Gasteiger partial charge is 0.174 e. The Morgan fingerprint density at radius 3 is 2.84 bits per heavy atom. The predicted molar refractivity (Wildman–Crippen MR) is 71.1 cm³/mol. The van der Waals surface area contributed by atoms with Crippen molar-refractivity contribution in [3.8, 4) is 0 Å². The van der Waals surface area contributed by atoms with E-state index in [1.807, 2.05) is 0 Å². The summed E-state index contributed by atoms with van der Waals surface area (Å²) in [6, 6.07) is 0. The number of aliphatic hydroxyl groups is 2. The van der Waals surface area contributed by atoms with Gasteiger partial charge >= 0.3 is 0 Å². The van der Waals surface area contributed by atoms with Crippen LogP contribution >= 0.6 is 15.9 Å². The second-order valence-corrected chi connectivity index (χ2v) is 4.99. The van der Waals surface area contributed by atoms with Crippen LogP contribution in [0.15, 0.2) is 29.7 Å². The maximum Gasteiger partial charge on any atom is 0.174 e. The highest BCUT2D eigenvalue weighted by Crippen LogP contribution is 2.37. The third kappa shape index (κ3) is 2.29. The summed E-state index contributed by atoms with van der Waals surface area (Å²) in [6.07, 6.45) is -1.31. The third-order valence-electron chi connectivity index (χ3n) is 3.20. The molecule has 0 radical (unpaired) electrons. The number of amidine groups is 1. The van der Waals surface area contributed by atoms with Crippen molar-refractivity contribution in [2.24, 2.45) is 10.7 Å². The molecule has 19 heavy (non-hydrogen) atoms. The van der Waals surface area contributed by atoms with Gasteiger partial charge in [-0.15, -0.1) is 0 Å². The summed E-state index contributed by atoms with van der Waals surface area (Å²) in [5.74, 6) is 0.465. The molecule has 8 heteroatoms. The van der Waals surface area contributed by atoms with Crippen LogP contribution in [0.25, 0.3) is 0 Å². The maximum absolute atomic E-state index is 14.2. The number of hydrogen-bond acceptors (Lipinski definition) is 6. The zero-order valence-corrected chi connectivity index (χ0v) is 11.6. The van der Waals surface area contributed by atoms with E-state index in [4.69, 9.17) is 10.5 Å². The van der Waals surface area contributed by atoms with E-state index in [-0.39, 0.29) is 17.0 Å². The second-order valence-electron chi connectivity index (χ2n) is 4.43. The number of ether oxygens (including phenoxy) is 1. The molecule has 6 nitrogen and oxygen atoms in total. The number of alkyl halides is 2. The molecule has 2 aliphatic heterocycles. The average Bonchev–Trinajstić information content (AvgIpc) is 2.64. The van der Waals surface area contributed by atoms with Crippen LogP contribution in [0.2, 0.25) is 0 Å². The van der Waals surface area contributed by atoms with Crippen molar-refractivity contribution in [3.63, 3.8) is 0 Å². The molecule has 4 atom stereocenters. The summed E-state index contributed by atoms with van der Waals surface area (Å²) in [5.41, 5.74) is 4.11. The van der Waals surface area contributed by atoms with Crippen LogP contribution in [-0.2, 0) is 4.74 Å². The lowest BCUT2D eigenvalue weighted by Crippen LogP contribution is -2.47. The fourth-order valence-corrected chi connectivity index (χ4v) is 2.67. The number of nitrogens with zero attached hydrogens (tertiary/aromatic N) is 2. The molecular formula is C11H15BrFN3O3. The summed E-state index contributed by atoms with van der Waals surface area (Å²) in [4.78, 5) is 5.24. The Balaban J connectivity index is 2.24. The number of nitrogens with two attached hydrogens (primary N) is 1. The minimum absolute atomic E-state index is 0.101. The molecule has 0 spiro atoms. The van der Waals surface area contributed by atoms with E-state index in [0.717, 1.165) is 0 Å². The highest BCUT2D eigenvalue weighted by Gasteiger charge is 2.56. The molecule has 0 amide bonds. The number of halogens is 2. The Morgan fingerprint density at radius 1 is 1.68 bits per heavy atom. The summed E-state index contributed by atoms with van der Waals surface area (Å²) in [7, 11) is 0. The summed E-state index contributed by atoms with van der Waals surface area (Å²) in [6.45, 7) is 3.15. The van der Waals surface area contributed by atoms with E-state index >= 15 is 0 Å². The molecule has 0 aromatic heterocycles. The molecule has 0 bridgehead atoms. The summed E-state index contributed by atoms with van der Waals surface area (Å²) >= 11 is 3.12. The molecular weight excluding hydrogens is 321 g/mol. The van der Waals surface area contributed by atoms with Crippen molar-refractivity contribution in [1.29, 1.82) is 0 Å². The van der Waals surface area contributed by atoms with Gasteiger partial charge in [-0.25, -0.2) is 9.38 Å². The topological polar surface area (TPSA) is 91.3 Å². The average molecular weight is 336 g/mol. The van der Waals surface area contributed by atoms with Gasteiger partial charge in [0.25, 0.3) is 0 Å². The first-order chi connectivity index (χ1) is 8.95. The van der Waals surface area contributed by atoms with Crippen LogP contribution < -0.4 is 5.73 Å². The van der Waals surface area contributed by atoms with Crippen LogP contribution in [0.3, 0.4) is 0 Å². The first-order valence-corrected chi connectivity index (χ1v) is 6.74. The first-order valence-electron chi connectivity index (χ1n) is 5.61. The van der Waals surface area contributed by atoms with Gasteiger partial charge in [-0.2, -0.15) is 0 Å². The van der Waals surface area contributed by atoms with Crippen molar-refractivity contribution in [3.05, 3.63) is 24.7 Å². The lowest BCUT2D eigenvalue weighted by molar-refractivity contribution is -0.119. The molecule has 1 fully saturated rings. The van der Waals surface area contributed by atoms with Crippen molar-refractivity contribution in [2.75, 3.05) is 11.9 Å². The highest BCUT2D eigenvalue weighted by atomic mass is 79.9. The highest BCUT2D eigenvalue weighted by molar-refractivity contribution is 9.09. The second kappa shape index (κ2) is 5.20. The monoisotopic (exact) mass is 335 g/mol. The minimum atomic E-state index is -1.71. The van der Waals surface area contributed by atoms with Gasteiger partial charge in [0.05, 0.1) is 6.61 Å². The van der Waals surface area contributed by atoms with Crippen LogP contribution in [0, 0.1) is 0 Å². The summed E-state index contributed by atoms with van der Waals surface area (Å²) < 4.78 is 19.7. The first kappa shape index (κ1) is 14.4. The van der Waals surface area contributed by atoms with Gasteiger partial charge in [0.15, 0.2) is 12.4 Å². The van der Waals surface area contributed by atoms with Crippen molar-refractivity contribution < 1.29 is 19.3 Å². The lowest BCUT2D eigenvalue weighted by atomic mass is 9.99. The molecule has 0 aromatic rings. The van der Waals surface area contributed by atoms with Crippen LogP contribution in [0.1, 0.15) is 0 Å². The number of aliphatic hydroxyl groups excluding tert-OH is 2. The Labute approximate surface area is 118 Å². The van der Waals surface area contributed by atoms with Gasteiger partial charge < -0.3 is 25.6 Å². The number of rotatable bonds is 3. The molecule has 106 valence electrons. The molecule has 4 N–H and O–H groups in total. The molecule has 1 saturated heterocycles. The Morgan fingerprint density at radius 2 is 2.37 bits per heavy atom. The lowest BCUT2D eigenvalue weighted by Gasteiger charge is -2.31. The molecule has 0 aliphatic carbocycles. The molecule has 2 heterocycles. The minimum Gasteiger partial charge on any atom is -0.393 e. The Kier molecular flexibility index (Phi) is 3.95. The maximum atomic E-state index is 14.2. The van der Waals surface area contributed by atoms with Gasteiger partial charge in [0, 0.05) is 11.5 Å². The predicted octanol–water partition coefficient (Wildman–Crippen LogP) is -0.175.